The van der Waals surface area contributed by atoms with E-state index in [4.69, 9.17) is 0 Å². The smallest absolute Gasteiger partial charge is 0.163 e. The zero-order valence-electron chi connectivity index (χ0n) is 10.8. The van der Waals surface area contributed by atoms with Gasteiger partial charge in [-0.05, 0) is 42.5 Å². The molecule has 21 heavy (non-hydrogen) atoms. The van der Waals surface area contributed by atoms with E-state index in [9.17, 15) is 22.2 Å². The van der Waals surface area contributed by atoms with E-state index in [-0.39, 0.29) is 28.4 Å². The van der Waals surface area contributed by atoms with Crippen molar-refractivity contribution in [1.29, 1.82) is 0 Å². The highest BCUT2D eigenvalue weighted by Crippen LogP contribution is 2.15. The Balaban J connectivity index is 2.02. The van der Waals surface area contributed by atoms with Crippen molar-refractivity contribution >= 4 is 16.6 Å². The Bertz CT molecular complexity index is 684. The molecule has 1 unspecified atom stereocenters. The van der Waals surface area contributed by atoms with Crippen LogP contribution in [-0.4, -0.2) is 15.7 Å². The van der Waals surface area contributed by atoms with Gasteiger partial charge >= 0.3 is 0 Å². The van der Waals surface area contributed by atoms with E-state index < -0.39 is 28.3 Å². The number of hydrogen-bond donors (Lipinski definition) is 0. The van der Waals surface area contributed by atoms with Gasteiger partial charge in [-0.1, -0.05) is 0 Å². The Morgan fingerprint density at radius 2 is 1.57 bits per heavy atom. The number of ketones is 1. The van der Waals surface area contributed by atoms with Crippen LogP contribution in [-0.2, 0) is 10.8 Å². The molecule has 2 nitrogen and oxygen atoms in total. The standard InChI is InChI=1S/C15H11F3O2S/c16-11-3-1-10(2-4-11)14(19)7-8-21(20)15-9-12(17)5-6-13(15)18/h1-6,9H,7-8H2. The van der Waals surface area contributed by atoms with Gasteiger partial charge in [0.1, 0.15) is 17.5 Å². The van der Waals surface area contributed by atoms with Gasteiger partial charge in [0.2, 0.25) is 0 Å². The molecule has 6 heteroatoms. The summed E-state index contributed by atoms with van der Waals surface area (Å²) >= 11 is 0. The molecule has 0 amide bonds. The monoisotopic (exact) mass is 312 g/mol. The molecule has 2 aromatic rings. The Morgan fingerprint density at radius 1 is 0.952 bits per heavy atom. The summed E-state index contributed by atoms with van der Waals surface area (Å²) < 4.78 is 51.1. The number of benzene rings is 2. The highest BCUT2D eigenvalue weighted by molar-refractivity contribution is 7.85. The highest BCUT2D eigenvalue weighted by Gasteiger charge is 2.14. The van der Waals surface area contributed by atoms with Crippen LogP contribution >= 0.6 is 0 Å². The van der Waals surface area contributed by atoms with E-state index in [0.717, 1.165) is 30.3 Å². The molecule has 0 saturated carbocycles. The van der Waals surface area contributed by atoms with Crippen molar-refractivity contribution in [1.82, 2.24) is 0 Å². The number of carbonyl (C=O) groups is 1. The fourth-order valence-corrected chi connectivity index (χ4v) is 2.85. The van der Waals surface area contributed by atoms with Crippen molar-refractivity contribution in [3.8, 4) is 0 Å². The van der Waals surface area contributed by atoms with E-state index in [0.29, 0.717) is 0 Å². The van der Waals surface area contributed by atoms with Crippen LogP contribution in [0, 0.1) is 17.5 Å². The third-order valence-corrected chi connectivity index (χ3v) is 4.20. The van der Waals surface area contributed by atoms with Crippen LogP contribution in [0.15, 0.2) is 47.4 Å². The summed E-state index contributed by atoms with van der Waals surface area (Å²) in [6, 6.07) is 7.62. The molecule has 1 atom stereocenters. The first-order valence-corrected chi connectivity index (χ1v) is 7.41. The van der Waals surface area contributed by atoms with Gasteiger partial charge in [0, 0.05) is 17.7 Å². The molecule has 0 aromatic heterocycles. The quantitative estimate of drug-likeness (QED) is 0.792. The first-order chi connectivity index (χ1) is 9.97. The summed E-state index contributed by atoms with van der Waals surface area (Å²) in [4.78, 5) is 11.6. The Hall–Kier alpha value is -1.95. The fourth-order valence-electron chi connectivity index (χ4n) is 1.73. The first kappa shape index (κ1) is 15.4. The van der Waals surface area contributed by atoms with Crippen molar-refractivity contribution in [3.05, 3.63) is 65.5 Å². The molecule has 0 N–H and O–H groups in total. The maximum atomic E-state index is 13.4. The predicted molar refractivity (Wildman–Crippen MR) is 73.0 cm³/mol. The second kappa shape index (κ2) is 6.67. The van der Waals surface area contributed by atoms with E-state index >= 15 is 0 Å². The minimum atomic E-state index is -1.81. The molecule has 0 bridgehead atoms. The summed E-state index contributed by atoms with van der Waals surface area (Å²) in [5.41, 5.74) is 0.285. The topological polar surface area (TPSA) is 34.1 Å². The van der Waals surface area contributed by atoms with Crippen LogP contribution < -0.4 is 0 Å². The van der Waals surface area contributed by atoms with E-state index in [2.05, 4.69) is 0 Å². The Morgan fingerprint density at radius 3 is 2.24 bits per heavy atom. The molecule has 0 radical (unpaired) electrons. The van der Waals surface area contributed by atoms with Crippen molar-refractivity contribution in [2.75, 3.05) is 5.75 Å². The Kier molecular flexibility index (Phi) is 4.90. The van der Waals surface area contributed by atoms with Crippen molar-refractivity contribution in [2.45, 2.75) is 11.3 Å². The molecular weight excluding hydrogens is 301 g/mol. The van der Waals surface area contributed by atoms with Gasteiger partial charge in [0.25, 0.3) is 0 Å². The number of rotatable bonds is 5. The Labute approximate surface area is 122 Å². The molecule has 0 fully saturated rings. The predicted octanol–water partition coefficient (Wildman–Crippen LogP) is 3.48. The molecule has 0 saturated heterocycles. The lowest BCUT2D eigenvalue weighted by atomic mass is 10.1. The summed E-state index contributed by atoms with van der Waals surface area (Å²) in [5.74, 6) is -2.39. The van der Waals surface area contributed by atoms with Gasteiger partial charge in [-0.3, -0.25) is 9.00 Å². The molecule has 2 rings (SSSR count). The minimum absolute atomic E-state index is 0.103. The summed E-state index contributed by atoms with van der Waals surface area (Å²) in [6.45, 7) is 0. The number of carbonyl (C=O) groups excluding carboxylic acids is 1. The summed E-state index contributed by atoms with van der Waals surface area (Å²) in [7, 11) is -1.81. The van der Waals surface area contributed by atoms with Gasteiger partial charge in [-0.15, -0.1) is 0 Å². The summed E-state index contributed by atoms with van der Waals surface area (Å²) in [6.07, 6.45) is -0.103. The molecule has 0 aliphatic rings. The molecule has 0 spiro atoms. The minimum Gasteiger partial charge on any atom is -0.294 e. The number of halogens is 3. The van der Waals surface area contributed by atoms with Crippen LogP contribution in [0.4, 0.5) is 13.2 Å². The van der Waals surface area contributed by atoms with E-state index in [1.165, 1.54) is 12.1 Å². The van der Waals surface area contributed by atoms with Crippen molar-refractivity contribution in [3.63, 3.8) is 0 Å². The maximum absolute atomic E-state index is 13.4. The fraction of sp³-hybridized carbons (Fsp3) is 0.133. The lowest BCUT2D eigenvalue weighted by Crippen LogP contribution is -2.08. The molecule has 0 heterocycles. The largest absolute Gasteiger partial charge is 0.294 e. The second-order valence-electron chi connectivity index (χ2n) is 4.30. The number of Topliss-reactive ketones (excluding diaryl/α,β-unsaturated/α-hetero) is 1. The highest BCUT2D eigenvalue weighted by atomic mass is 32.2. The van der Waals surface area contributed by atoms with Gasteiger partial charge in [0.05, 0.1) is 15.7 Å². The molecule has 0 aliphatic carbocycles. The van der Waals surface area contributed by atoms with Gasteiger partial charge in [-0.2, -0.15) is 0 Å². The van der Waals surface area contributed by atoms with Gasteiger partial charge < -0.3 is 0 Å². The first-order valence-electron chi connectivity index (χ1n) is 6.09. The van der Waals surface area contributed by atoms with E-state index in [1.807, 2.05) is 0 Å². The van der Waals surface area contributed by atoms with Crippen molar-refractivity contribution in [2.24, 2.45) is 0 Å². The van der Waals surface area contributed by atoms with Gasteiger partial charge in [0.15, 0.2) is 5.78 Å². The number of hydrogen-bond acceptors (Lipinski definition) is 2. The van der Waals surface area contributed by atoms with Crippen LogP contribution in [0.5, 0.6) is 0 Å². The third kappa shape index (κ3) is 4.01. The van der Waals surface area contributed by atoms with Crippen LogP contribution in [0.1, 0.15) is 16.8 Å². The average molecular weight is 312 g/mol. The average Bonchev–Trinajstić information content (AvgIpc) is 2.47. The zero-order valence-corrected chi connectivity index (χ0v) is 11.6. The molecule has 110 valence electrons. The van der Waals surface area contributed by atoms with Crippen LogP contribution in [0.25, 0.3) is 0 Å². The molecule has 2 aromatic carbocycles. The van der Waals surface area contributed by atoms with E-state index in [1.54, 1.807) is 0 Å². The normalized spacial score (nSPS) is 12.1. The zero-order chi connectivity index (χ0) is 15.4. The lowest BCUT2D eigenvalue weighted by molar-refractivity contribution is 0.0989. The van der Waals surface area contributed by atoms with Crippen LogP contribution in [0.2, 0.25) is 0 Å². The van der Waals surface area contributed by atoms with Crippen LogP contribution in [0.3, 0.4) is 0 Å². The third-order valence-electron chi connectivity index (χ3n) is 2.82. The van der Waals surface area contributed by atoms with Crippen molar-refractivity contribution < 1.29 is 22.2 Å². The summed E-state index contributed by atoms with van der Waals surface area (Å²) in [5, 5.41) is 0. The second-order valence-corrected chi connectivity index (χ2v) is 5.84. The van der Waals surface area contributed by atoms with Gasteiger partial charge in [-0.25, -0.2) is 13.2 Å². The SMILES string of the molecule is O=C(CCS(=O)c1cc(F)ccc1F)c1ccc(F)cc1. The molecular formula is C15H11F3O2S. The maximum Gasteiger partial charge on any atom is 0.163 e. The lowest BCUT2D eigenvalue weighted by Gasteiger charge is -2.04. The molecule has 0 aliphatic heterocycles.